The minimum atomic E-state index is -0.250. The first kappa shape index (κ1) is 11.8. The fourth-order valence-corrected chi connectivity index (χ4v) is 2.19. The van der Waals surface area contributed by atoms with Crippen molar-refractivity contribution in [1.29, 1.82) is 0 Å². The van der Waals surface area contributed by atoms with E-state index in [0.29, 0.717) is 18.6 Å². The van der Waals surface area contributed by atoms with Crippen LogP contribution in [-0.2, 0) is 9.59 Å². The molecule has 3 nitrogen and oxygen atoms in total. The van der Waals surface area contributed by atoms with Gasteiger partial charge in [-0.2, -0.15) is 0 Å². The number of benzene rings is 1. The predicted octanol–water partition coefficient (Wildman–Crippen LogP) is 2.69. The highest BCUT2D eigenvalue weighted by Gasteiger charge is 2.35. The number of ketones is 1. The van der Waals surface area contributed by atoms with Gasteiger partial charge in [0.05, 0.1) is 5.92 Å². The molecule has 0 amide bonds. The Morgan fingerprint density at radius 1 is 1.35 bits per heavy atom. The van der Waals surface area contributed by atoms with Crippen LogP contribution in [0.1, 0.15) is 38.2 Å². The minimum absolute atomic E-state index is 0.0418. The van der Waals surface area contributed by atoms with Gasteiger partial charge in [-0.05, 0) is 11.6 Å². The Balaban J connectivity index is 2.35. The molecule has 0 aliphatic carbocycles. The van der Waals surface area contributed by atoms with E-state index in [0.717, 1.165) is 5.56 Å². The van der Waals surface area contributed by atoms with Crippen LogP contribution >= 0.6 is 0 Å². The van der Waals surface area contributed by atoms with Crippen molar-refractivity contribution < 1.29 is 14.3 Å². The highest BCUT2D eigenvalue weighted by atomic mass is 16.5. The van der Waals surface area contributed by atoms with Crippen molar-refractivity contribution in [2.24, 2.45) is 5.92 Å². The second kappa shape index (κ2) is 4.70. The molecule has 0 spiro atoms. The van der Waals surface area contributed by atoms with Gasteiger partial charge in [0.2, 0.25) is 0 Å². The standard InChI is InChI=1S/C14H16O3/c1-3-10(15)8-12-9(2)14(16)17-13-7-5-4-6-11(12)13/h4-7,9,12H,3,8H2,1-2H3/t9-,12+/m0/s1. The first-order valence-electron chi connectivity index (χ1n) is 5.95. The molecule has 17 heavy (non-hydrogen) atoms. The molecule has 1 heterocycles. The molecule has 1 aliphatic rings. The number of para-hydroxylation sites is 1. The smallest absolute Gasteiger partial charge is 0.314 e. The summed E-state index contributed by atoms with van der Waals surface area (Å²) in [5, 5.41) is 0. The van der Waals surface area contributed by atoms with E-state index >= 15 is 0 Å². The van der Waals surface area contributed by atoms with Crippen LogP contribution in [0, 0.1) is 5.92 Å². The Morgan fingerprint density at radius 3 is 2.76 bits per heavy atom. The maximum atomic E-state index is 11.7. The van der Waals surface area contributed by atoms with E-state index in [2.05, 4.69) is 0 Å². The number of carbonyl (C=O) groups excluding carboxylic acids is 2. The fraction of sp³-hybridized carbons (Fsp3) is 0.429. The largest absolute Gasteiger partial charge is 0.426 e. The summed E-state index contributed by atoms with van der Waals surface area (Å²) in [4.78, 5) is 23.3. The van der Waals surface area contributed by atoms with Crippen molar-refractivity contribution in [3.05, 3.63) is 29.8 Å². The van der Waals surface area contributed by atoms with Crippen molar-refractivity contribution in [2.75, 3.05) is 0 Å². The third-order valence-electron chi connectivity index (χ3n) is 3.35. The van der Waals surface area contributed by atoms with E-state index < -0.39 is 0 Å². The zero-order chi connectivity index (χ0) is 12.4. The molecule has 0 saturated heterocycles. The average Bonchev–Trinajstić information content (AvgIpc) is 2.34. The van der Waals surface area contributed by atoms with E-state index in [1.807, 2.05) is 32.0 Å². The molecule has 0 fully saturated rings. The lowest BCUT2D eigenvalue weighted by molar-refractivity contribution is -0.140. The number of fused-ring (bicyclic) bond motifs is 1. The molecule has 90 valence electrons. The fourth-order valence-electron chi connectivity index (χ4n) is 2.19. The number of hydrogen-bond donors (Lipinski definition) is 0. The Morgan fingerprint density at radius 2 is 2.06 bits per heavy atom. The summed E-state index contributed by atoms with van der Waals surface area (Å²) in [7, 11) is 0. The predicted molar refractivity (Wildman–Crippen MR) is 63.9 cm³/mol. The van der Waals surface area contributed by atoms with Gasteiger partial charge in [0.15, 0.2) is 0 Å². The summed E-state index contributed by atoms with van der Waals surface area (Å²) in [6.45, 7) is 3.67. The lowest BCUT2D eigenvalue weighted by Gasteiger charge is -2.29. The number of rotatable bonds is 3. The molecule has 0 aromatic heterocycles. The third kappa shape index (κ3) is 2.23. The molecule has 0 unspecified atom stereocenters. The minimum Gasteiger partial charge on any atom is -0.426 e. The number of carbonyl (C=O) groups is 2. The van der Waals surface area contributed by atoms with Crippen LogP contribution in [0.4, 0.5) is 0 Å². The maximum absolute atomic E-state index is 11.7. The molecule has 2 rings (SSSR count). The van der Waals surface area contributed by atoms with Crippen LogP contribution in [0.2, 0.25) is 0 Å². The molecule has 2 atom stereocenters. The van der Waals surface area contributed by atoms with Gasteiger partial charge in [0, 0.05) is 18.8 Å². The molecule has 1 aromatic rings. The highest BCUT2D eigenvalue weighted by molar-refractivity contribution is 5.83. The molecule has 1 aliphatic heterocycles. The molecule has 0 saturated carbocycles. The number of ether oxygens (including phenoxy) is 1. The first-order chi connectivity index (χ1) is 8.13. The van der Waals surface area contributed by atoms with Crippen LogP contribution in [0.3, 0.4) is 0 Å². The van der Waals surface area contributed by atoms with Gasteiger partial charge in [0.1, 0.15) is 11.5 Å². The van der Waals surface area contributed by atoms with Crippen LogP contribution < -0.4 is 4.74 Å². The Bertz CT molecular complexity index is 451. The van der Waals surface area contributed by atoms with Gasteiger partial charge in [-0.15, -0.1) is 0 Å². The highest BCUT2D eigenvalue weighted by Crippen LogP contribution is 2.39. The summed E-state index contributed by atoms with van der Waals surface area (Å²) >= 11 is 0. The Hall–Kier alpha value is -1.64. The van der Waals surface area contributed by atoms with Crippen molar-refractivity contribution in [1.82, 2.24) is 0 Å². The average molecular weight is 232 g/mol. The van der Waals surface area contributed by atoms with E-state index in [9.17, 15) is 9.59 Å². The van der Waals surface area contributed by atoms with Gasteiger partial charge in [0.25, 0.3) is 0 Å². The molecular formula is C14H16O3. The molecular weight excluding hydrogens is 216 g/mol. The molecule has 1 aromatic carbocycles. The van der Waals surface area contributed by atoms with E-state index in [1.165, 1.54) is 0 Å². The van der Waals surface area contributed by atoms with Crippen molar-refractivity contribution in [3.63, 3.8) is 0 Å². The quantitative estimate of drug-likeness (QED) is 0.594. The topological polar surface area (TPSA) is 43.4 Å². The third-order valence-corrected chi connectivity index (χ3v) is 3.35. The van der Waals surface area contributed by atoms with Crippen molar-refractivity contribution in [3.8, 4) is 5.75 Å². The zero-order valence-electron chi connectivity index (χ0n) is 10.1. The SMILES string of the molecule is CCC(=O)C[C@H]1c2ccccc2OC(=O)[C@H]1C. The Labute approximate surface area is 101 Å². The summed E-state index contributed by atoms with van der Waals surface area (Å²) in [5.74, 6) is 0.258. The lowest BCUT2D eigenvalue weighted by atomic mass is 9.81. The van der Waals surface area contributed by atoms with Crippen LogP contribution in [0.15, 0.2) is 24.3 Å². The summed E-state index contributed by atoms with van der Waals surface area (Å²) in [6, 6.07) is 7.46. The van der Waals surface area contributed by atoms with Gasteiger partial charge in [-0.1, -0.05) is 32.0 Å². The second-order valence-corrected chi connectivity index (χ2v) is 4.45. The monoisotopic (exact) mass is 232 g/mol. The number of hydrogen-bond acceptors (Lipinski definition) is 3. The molecule has 0 bridgehead atoms. The van der Waals surface area contributed by atoms with Crippen LogP contribution in [0.5, 0.6) is 5.75 Å². The van der Waals surface area contributed by atoms with Crippen LogP contribution in [0.25, 0.3) is 0 Å². The van der Waals surface area contributed by atoms with Crippen LogP contribution in [-0.4, -0.2) is 11.8 Å². The van der Waals surface area contributed by atoms with E-state index in [4.69, 9.17) is 4.74 Å². The first-order valence-corrected chi connectivity index (χ1v) is 5.95. The van der Waals surface area contributed by atoms with Crippen molar-refractivity contribution >= 4 is 11.8 Å². The molecule has 3 heteroatoms. The summed E-state index contributed by atoms with van der Waals surface area (Å²) < 4.78 is 5.24. The normalized spacial score (nSPS) is 22.8. The second-order valence-electron chi connectivity index (χ2n) is 4.45. The van der Waals surface area contributed by atoms with Gasteiger partial charge in [-0.3, -0.25) is 9.59 Å². The number of Topliss-reactive ketones (excluding diaryl/α,β-unsaturated/α-hetero) is 1. The number of esters is 1. The summed E-state index contributed by atoms with van der Waals surface area (Å²) in [5.41, 5.74) is 0.974. The van der Waals surface area contributed by atoms with E-state index in [-0.39, 0.29) is 23.6 Å². The van der Waals surface area contributed by atoms with Crippen molar-refractivity contribution in [2.45, 2.75) is 32.6 Å². The summed E-state index contributed by atoms with van der Waals surface area (Å²) in [6.07, 6.45) is 0.935. The zero-order valence-corrected chi connectivity index (χ0v) is 10.1. The maximum Gasteiger partial charge on any atom is 0.314 e. The molecule has 0 N–H and O–H groups in total. The lowest BCUT2D eigenvalue weighted by Crippen LogP contribution is -2.30. The van der Waals surface area contributed by atoms with E-state index in [1.54, 1.807) is 6.07 Å². The van der Waals surface area contributed by atoms with Gasteiger partial charge >= 0.3 is 5.97 Å². The molecule has 0 radical (unpaired) electrons. The Kier molecular flexibility index (Phi) is 3.27. The van der Waals surface area contributed by atoms with Gasteiger partial charge < -0.3 is 4.74 Å². The van der Waals surface area contributed by atoms with Gasteiger partial charge in [-0.25, -0.2) is 0 Å².